The first-order valence-electron chi connectivity index (χ1n) is 4.63. The van der Waals surface area contributed by atoms with E-state index in [4.69, 9.17) is 16.3 Å². The van der Waals surface area contributed by atoms with Gasteiger partial charge in [-0.1, -0.05) is 13.3 Å². The van der Waals surface area contributed by atoms with Gasteiger partial charge in [0.15, 0.2) is 0 Å². The topological polar surface area (TPSA) is 9.23 Å². The van der Waals surface area contributed by atoms with Crippen molar-refractivity contribution >= 4 is 11.6 Å². The molecule has 0 aliphatic heterocycles. The van der Waals surface area contributed by atoms with Crippen molar-refractivity contribution in [3.05, 3.63) is 0 Å². The fraction of sp³-hybridized carbons (Fsp3) is 1.00. The van der Waals surface area contributed by atoms with E-state index in [2.05, 4.69) is 20.8 Å². The van der Waals surface area contributed by atoms with Crippen molar-refractivity contribution in [1.29, 1.82) is 0 Å². The molecule has 0 aliphatic carbocycles. The predicted octanol–water partition coefficient (Wildman–Crippen LogP) is 3.46. The van der Waals surface area contributed by atoms with E-state index in [0.29, 0.717) is 5.92 Å². The smallest absolute Gasteiger partial charge is 0.0622 e. The van der Waals surface area contributed by atoms with Gasteiger partial charge >= 0.3 is 0 Å². The van der Waals surface area contributed by atoms with Crippen LogP contribution in [0, 0.1) is 5.92 Å². The number of ether oxygens (including phenoxy) is 1. The highest BCUT2D eigenvalue weighted by molar-refractivity contribution is 6.18. The summed E-state index contributed by atoms with van der Waals surface area (Å²) < 4.78 is 5.32. The van der Waals surface area contributed by atoms with Crippen LogP contribution in [0.2, 0.25) is 0 Å². The standard InChI is InChI=1S/C10H21ClO/c1-9(8-11)6-5-7-10(2,3)12-4/h9H,5-8H2,1-4H3. The third kappa shape index (κ3) is 5.84. The minimum Gasteiger partial charge on any atom is -0.379 e. The van der Waals surface area contributed by atoms with Crippen LogP contribution in [-0.2, 0) is 4.74 Å². The van der Waals surface area contributed by atoms with Crippen molar-refractivity contribution in [3.8, 4) is 0 Å². The van der Waals surface area contributed by atoms with Gasteiger partial charge in [0, 0.05) is 13.0 Å². The maximum absolute atomic E-state index is 5.70. The molecule has 74 valence electrons. The van der Waals surface area contributed by atoms with E-state index in [-0.39, 0.29) is 5.60 Å². The number of alkyl halides is 1. The van der Waals surface area contributed by atoms with Gasteiger partial charge < -0.3 is 4.74 Å². The number of hydrogen-bond acceptors (Lipinski definition) is 1. The van der Waals surface area contributed by atoms with Crippen molar-refractivity contribution in [2.45, 2.75) is 45.6 Å². The van der Waals surface area contributed by atoms with Gasteiger partial charge in [-0.15, -0.1) is 11.6 Å². The summed E-state index contributed by atoms with van der Waals surface area (Å²) in [6, 6.07) is 0. The molecule has 0 aromatic rings. The molecule has 0 spiro atoms. The lowest BCUT2D eigenvalue weighted by molar-refractivity contribution is 0.0129. The van der Waals surface area contributed by atoms with E-state index < -0.39 is 0 Å². The Hall–Kier alpha value is 0.250. The number of halogens is 1. The molecular weight excluding hydrogens is 172 g/mol. The Morgan fingerprint density at radius 2 is 2.00 bits per heavy atom. The van der Waals surface area contributed by atoms with Gasteiger partial charge in [0.2, 0.25) is 0 Å². The molecule has 0 aromatic heterocycles. The summed E-state index contributed by atoms with van der Waals surface area (Å²) in [5.74, 6) is 1.41. The SMILES string of the molecule is COC(C)(C)CCCC(C)CCl. The van der Waals surface area contributed by atoms with E-state index in [1.807, 2.05) is 0 Å². The number of hydrogen-bond donors (Lipinski definition) is 0. The molecule has 0 aliphatic rings. The first-order valence-corrected chi connectivity index (χ1v) is 5.16. The molecule has 0 N–H and O–H groups in total. The summed E-state index contributed by atoms with van der Waals surface area (Å²) in [6.07, 6.45) is 3.52. The molecule has 2 heteroatoms. The van der Waals surface area contributed by atoms with Gasteiger partial charge in [0.25, 0.3) is 0 Å². The highest BCUT2D eigenvalue weighted by Gasteiger charge is 2.15. The third-order valence-corrected chi connectivity index (χ3v) is 2.82. The fourth-order valence-corrected chi connectivity index (χ4v) is 1.21. The second-order valence-corrected chi connectivity index (χ2v) is 4.42. The molecule has 1 unspecified atom stereocenters. The maximum atomic E-state index is 5.70. The molecule has 1 atom stereocenters. The molecule has 1 nitrogen and oxygen atoms in total. The van der Waals surface area contributed by atoms with E-state index in [9.17, 15) is 0 Å². The maximum Gasteiger partial charge on any atom is 0.0622 e. The second kappa shape index (κ2) is 5.82. The van der Waals surface area contributed by atoms with E-state index >= 15 is 0 Å². The Labute approximate surface area is 81.4 Å². The largest absolute Gasteiger partial charge is 0.379 e. The van der Waals surface area contributed by atoms with E-state index in [1.165, 1.54) is 12.8 Å². The first-order chi connectivity index (χ1) is 5.52. The molecule has 0 rings (SSSR count). The lowest BCUT2D eigenvalue weighted by atomic mass is 9.97. The highest BCUT2D eigenvalue weighted by atomic mass is 35.5. The summed E-state index contributed by atoms with van der Waals surface area (Å²) >= 11 is 5.70. The summed E-state index contributed by atoms with van der Waals surface area (Å²) in [6.45, 7) is 6.43. The first kappa shape index (κ1) is 12.2. The van der Waals surface area contributed by atoms with Crippen LogP contribution >= 0.6 is 11.6 Å². The minimum atomic E-state index is 0.0338. The van der Waals surface area contributed by atoms with Crippen LogP contribution in [0.3, 0.4) is 0 Å². The molecule has 0 fully saturated rings. The van der Waals surface area contributed by atoms with Crippen LogP contribution < -0.4 is 0 Å². The van der Waals surface area contributed by atoms with Crippen molar-refractivity contribution in [3.63, 3.8) is 0 Å². The second-order valence-electron chi connectivity index (χ2n) is 4.12. The quantitative estimate of drug-likeness (QED) is 0.586. The zero-order valence-electron chi connectivity index (χ0n) is 8.69. The minimum absolute atomic E-state index is 0.0338. The fourth-order valence-electron chi connectivity index (χ4n) is 1.06. The Bertz CT molecular complexity index is 112. The lowest BCUT2D eigenvalue weighted by Gasteiger charge is -2.23. The van der Waals surface area contributed by atoms with E-state index in [1.54, 1.807) is 7.11 Å². The molecule has 0 radical (unpaired) electrons. The molecule has 0 amide bonds. The zero-order chi connectivity index (χ0) is 9.61. The number of methoxy groups -OCH3 is 1. The number of rotatable bonds is 6. The van der Waals surface area contributed by atoms with Crippen molar-refractivity contribution in [2.75, 3.05) is 13.0 Å². The van der Waals surface area contributed by atoms with Crippen LogP contribution in [0.5, 0.6) is 0 Å². The van der Waals surface area contributed by atoms with Gasteiger partial charge in [-0.25, -0.2) is 0 Å². The Morgan fingerprint density at radius 3 is 2.42 bits per heavy atom. The average molecular weight is 193 g/mol. The Kier molecular flexibility index (Phi) is 5.94. The third-order valence-electron chi connectivity index (χ3n) is 2.29. The molecule has 0 heterocycles. The summed E-state index contributed by atoms with van der Waals surface area (Å²) in [5.41, 5.74) is 0.0338. The highest BCUT2D eigenvalue weighted by Crippen LogP contribution is 2.19. The van der Waals surface area contributed by atoms with Crippen LogP contribution in [-0.4, -0.2) is 18.6 Å². The molecule has 12 heavy (non-hydrogen) atoms. The molecule has 0 bridgehead atoms. The molecular formula is C10H21ClO. The summed E-state index contributed by atoms with van der Waals surface area (Å²) in [4.78, 5) is 0. The van der Waals surface area contributed by atoms with Crippen LogP contribution in [0.15, 0.2) is 0 Å². The van der Waals surface area contributed by atoms with Crippen LogP contribution in [0.1, 0.15) is 40.0 Å². The Balaban J connectivity index is 3.42. The molecule has 0 saturated carbocycles. The van der Waals surface area contributed by atoms with Gasteiger partial charge in [-0.3, -0.25) is 0 Å². The van der Waals surface area contributed by atoms with Crippen molar-refractivity contribution < 1.29 is 4.74 Å². The Morgan fingerprint density at radius 1 is 1.42 bits per heavy atom. The molecule has 0 aromatic carbocycles. The average Bonchev–Trinajstić information content (AvgIpc) is 2.04. The van der Waals surface area contributed by atoms with Crippen molar-refractivity contribution in [2.24, 2.45) is 5.92 Å². The monoisotopic (exact) mass is 192 g/mol. The lowest BCUT2D eigenvalue weighted by Crippen LogP contribution is -2.22. The van der Waals surface area contributed by atoms with Crippen LogP contribution in [0.4, 0.5) is 0 Å². The van der Waals surface area contributed by atoms with E-state index in [0.717, 1.165) is 12.3 Å². The van der Waals surface area contributed by atoms with Gasteiger partial charge in [-0.2, -0.15) is 0 Å². The van der Waals surface area contributed by atoms with Gasteiger partial charge in [0.1, 0.15) is 0 Å². The molecule has 0 saturated heterocycles. The normalized spacial score (nSPS) is 14.8. The summed E-state index contributed by atoms with van der Waals surface area (Å²) in [7, 11) is 1.77. The van der Waals surface area contributed by atoms with Crippen LogP contribution in [0.25, 0.3) is 0 Å². The van der Waals surface area contributed by atoms with Gasteiger partial charge in [0.05, 0.1) is 5.60 Å². The zero-order valence-corrected chi connectivity index (χ0v) is 9.45. The summed E-state index contributed by atoms with van der Waals surface area (Å²) in [5, 5.41) is 0. The van der Waals surface area contributed by atoms with Gasteiger partial charge in [-0.05, 0) is 32.6 Å². The van der Waals surface area contributed by atoms with Crippen molar-refractivity contribution in [1.82, 2.24) is 0 Å². The predicted molar refractivity (Wildman–Crippen MR) is 54.8 cm³/mol.